The molecular formula is C17H17NO2. The van der Waals surface area contributed by atoms with Crippen molar-refractivity contribution in [2.75, 3.05) is 18.1 Å². The van der Waals surface area contributed by atoms with Crippen LogP contribution in [0.5, 0.6) is 0 Å². The number of para-hydroxylation sites is 1. The van der Waals surface area contributed by atoms with Crippen LogP contribution in [0.4, 0.5) is 5.69 Å². The van der Waals surface area contributed by atoms with E-state index >= 15 is 0 Å². The highest BCUT2D eigenvalue weighted by Crippen LogP contribution is 2.48. The first-order valence-corrected chi connectivity index (χ1v) is 6.87. The maximum Gasteiger partial charge on any atom is 0.265 e. The van der Waals surface area contributed by atoms with Crippen molar-refractivity contribution in [3.05, 3.63) is 42.0 Å². The summed E-state index contributed by atoms with van der Waals surface area (Å²) < 4.78 is 6.06. The van der Waals surface area contributed by atoms with Crippen molar-refractivity contribution >= 4 is 11.6 Å². The highest BCUT2D eigenvalue weighted by molar-refractivity contribution is 6.07. The van der Waals surface area contributed by atoms with E-state index < -0.39 is 5.60 Å². The van der Waals surface area contributed by atoms with Gasteiger partial charge in [0.05, 0.1) is 18.8 Å². The number of hydrogen-bond acceptors (Lipinski definition) is 2. The van der Waals surface area contributed by atoms with Gasteiger partial charge >= 0.3 is 0 Å². The Kier molecular flexibility index (Phi) is 3.11. The fourth-order valence-electron chi connectivity index (χ4n) is 3.13. The third kappa shape index (κ3) is 1.62. The SMILES string of the molecule is C#CCN1C(=O)[C@]2(OCCC=C[C@H]2C)c2ccccc21. The summed E-state index contributed by atoms with van der Waals surface area (Å²) in [6.45, 7) is 2.85. The van der Waals surface area contributed by atoms with E-state index in [-0.39, 0.29) is 18.4 Å². The van der Waals surface area contributed by atoms with Crippen LogP contribution in [0.25, 0.3) is 0 Å². The van der Waals surface area contributed by atoms with Crippen molar-refractivity contribution in [1.82, 2.24) is 0 Å². The van der Waals surface area contributed by atoms with Crippen LogP contribution in [0.2, 0.25) is 0 Å². The van der Waals surface area contributed by atoms with Gasteiger partial charge in [0.1, 0.15) is 0 Å². The van der Waals surface area contributed by atoms with Gasteiger partial charge in [0.25, 0.3) is 5.91 Å². The maximum atomic E-state index is 13.0. The van der Waals surface area contributed by atoms with E-state index in [1.165, 1.54) is 0 Å². The topological polar surface area (TPSA) is 29.5 Å². The Bertz CT molecular complexity index is 614. The number of rotatable bonds is 1. The number of terminal acetylenes is 1. The summed E-state index contributed by atoms with van der Waals surface area (Å²) in [4.78, 5) is 14.6. The molecule has 1 aromatic rings. The van der Waals surface area contributed by atoms with Gasteiger partial charge in [-0.25, -0.2) is 0 Å². The zero-order chi connectivity index (χ0) is 14.2. The maximum absolute atomic E-state index is 13.0. The number of fused-ring (bicyclic) bond motifs is 2. The summed E-state index contributed by atoms with van der Waals surface area (Å²) in [5, 5.41) is 0. The first-order valence-electron chi connectivity index (χ1n) is 6.87. The van der Waals surface area contributed by atoms with Crippen molar-refractivity contribution in [3.8, 4) is 12.3 Å². The van der Waals surface area contributed by atoms with Gasteiger partial charge in [-0.05, 0) is 12.5 Å². The number of amides is 1. The Morgan fingerprint density at radius 2 is 2.30 bits per heavy atom. The quantitative estimate of drug-likeness (QED) is 0.578. The summed E-state index contributed by atoms with van der Waals surface area (Å²) in [5.41, 5.74) is 0.886. The fourth-order valence-corrected chi connectivity index (χ4v) is 3.13. The van der Waals surface area contributed by atoms with Gasteiger partial charge in [-0.15, -0.1) is 6.42 Å². The second kappa shape index (κ2) is 4.81. The van der Waals surface area contributed by atoms with Gasteiger partial charge in [0.2, 0.25) is 0 Å². The van der Waals surface area contributed by atoms with E-state index in [1.54, 1.807) is 4.90 Å². The number of anilines is 1. The summed E-state index contributed by atoms with van der Waals surface area (Å²) in [7, 11) is 0. The van der Waals surface area contributed by atoms with Crippen molar-refractivity contribution in [3.63, 3.8) is 0 Å². The number of carbonyl (C=O) groups excluding carboxylic acids is 1. The van der Waals surface area contributed by atoms with Crippen molar-refractivity contribution in [2.45, 2.75) is 18.9 Å². The molecule has 3 heteroatoms. The molecule has 2 aliphatic rings. The third-order valence-electron chi connectivity index (χ3n) is 4.09. The summed E-state index contributed by atoms with van der Waals surface area (Å²) >= 11 is 0. The largest absolute Gasteiger partial charge is 0.359 e. The molecule has 20 heavy (non-hydrogen) atoms. The van der Waals surface area contributed by atoms with Gasteiger partial charge in [-0.1, -0.05) is 43.2 Å². The van der Waals surface area contributed by atoms with Gasteiger partial charge < -0.3 is 4.74 Å². The normalized spacial score (nSPS) is 28.3. The summed E-state index contributed by atoms with van der Waals surface area (Å²) in [6.07, 6.45) is 10.4. The number of benzene rings is 1. The average Bonchev–Trinajstić information content (AvgIpc) is 2.60. The molecule has 1 amide bonds. The Labute approximate surface area is 119 Å². The molecule has 3 nitrogen and oxygen atoms in total. The smallest absolute Gasteiger partial charge is 0.265 e. The molecule has 0 bridgehead atoms. The van der Waals surface area contributed by atoms with Crippen molar-refractivity contribution in [1.29, 1.82) is 0 Å². The van der Waals surface area contributed by atoms with Crippen LogP contribution in [-0.4, -0.2) is 19.1 Å². The zero-order valence-corrected chi connectivity index (χ0v) is 11.5. The number of nitrogens with zero attached hydrogens (tertiary/aromatic N) is 1. The lowest BCUT2D eigenvalue weighted by Crippen LogP contribution is -2.46. The minimum absolute atomic E-state index is 0.0126. The minimum atomic E-state index is -0.916. The van der Waals surface area contributed by atoms with E-state index in [0.717, 1.165) is 17.7 Å². The number of ether oxygens (including phenoxy) is 1. The Balaban J connectivity index is 2.19. The molecule has 1 spiro atoms. The second-order valence-electron chi connectivity index (χ2n) is 5.20. The van der Waals surface area contributed by atoms with Gasteiger partial charge in [0.15, 0.2) is 5.60 Å². The molecule has 0 aliphatic carbocycles. The zero-order valence-electron chi connectivity index (χ0n) is 11.5. The summed E-state index contributed by atoms with van der Waals surface area (Å²) in [5.74, 6) is 2.51. The Hall–Kier alpha value is -2.05. The molecule has 2 aliphatic heterocycles. The first-order chi connectivity index (χ1) is 9.71. The highest BCUT2D eigenvalue weighted by atomic mass is 16.5. The van der Waals surface area contributed by atoms with E-state index in [0.29, 0.717) is 6.61 Å². The molecule has 0 N–H and O–H groups in total. The van der Waals surface area contributed by atoms with E-state index in [1.807, 2.05) is 31.2 Å². The van der Waals surface area contributed by atoms with Crippen molar-refractivity contribution in [2.24, 2.45) is 5.92 Å². The first kappa shape index (κ1) is 13.0. The molecule has 0 saturated carbocycles. The molecule has 2 atom stereocenters. The number of hydrogen-bond donors (Lipinski definition) is 0. The monoisotopic (exact) mass is 267 g/mol. The van der Waals surface area contributed by atoms with Crippen LogP contribution in [0.1, 0.15) is 18.9 Å². The Morgan fingerprint density at radius 3 is 3.10 bits per heavy atom. The van der Waals surface area contributed by atoms with Gasteiger partial charge in [-0.2, -0.15) is 0 Å². The predicted octanol–water partition coefficient (Wildman–Crippen LogP) is 2.47. The van der Waals surface area contributed by atoms with Crippen LogP contribution < -0.4 is 4.90 Å². The number of carbonyl (C=O) groups is 1. The molecule has 0 aromatic heterocycles. The van der Waals surface area contributed by atoms with Crippen LogP contribution >= 0.6 is 0 Å². The van der Waals surface area contributed by atoms with Gasteiger partial charge in [0, 0.05) is 11.5 Å². The molecule has 0 fully saturated rings. The lowest BCUT2D eigenvalue weighted by atomic mass is 9.83. The average molecular weight is 267 g/mol. The molecule has 0 saturated heterocycles. The fraction of sp³-hybridized carbons (Fsp3) is 0.353. The molecule has 0 radical (unpaired) electrons. The van der Waals surface area contributed by atoms with Crippen LogP contribution in [0.3, 0.4) is 0 Å². The molecule has 3 rings (SSSR count). The second-order valence-corrected chi connectivity index (χ2v) is 5.20. The van der Waals surface area contributed by atoms with E-state index in [2.05, 4.69) is 18.1 Å². The lowest BCUT2D eigenvalue weighted by Gasteiger charge is -2.31. The van der Waals surface area contributed by atoms with Crippen LogP contribution in [0, 0.1) is 18.3 Å². The highest BCUT2D eigenvalue weighted by Gasteiger charge is 2.54. The third-order valence-corrected chi connectivity index (χ3v) is 4.09. The minimum Gasteiger partial charge on any atom is -0.359 e. The molecular weight excluding hydrogens is 250 g/mol. The lowest BCUT2D eigenvalue weighted by molar-refractivity contribution is -0.148. The molecule has 2 heterocycles. The molecule has 1 aromatic carbocycles. The summed E-state index contributed by atoms with van der Waals surface area (Å²) in [6, 6.07) is 7.77. The van der Waals surface area contributed by atoms with Crippen LogP contribution in [0.15, 0.2) is 36.4 Å². The standard InChI is InChI=1S/C17H17NO2/c1-3-11-18-15-10-5-4-9-14(15)17(16(18)19)13(2)8-6-7-12-20-17/h1,4-6,8-10,13H,7,11-12H2,2H3/t13-,17-/m1/s1. The van der Waals surface area contributed by atoms with E-state index in [4.69, 9.17) is 11.2 Å². The molecule has 102 valence electrons. The van der Waals surface area contributed by atoms with Crippen LogP contribution in [-0.2, 0) is 15.1 Å². The Morgan fingerprint density at radius 1 is 1.50 bits per heavy atom. The predicted molar refractivity (Wildman–Crippen MR) is 78.2 cm³/mol. The molecule has 0 unspecified atom stereocenters. The van der Waals surface area contributed by atoms with E-state index in [9.17, 15) is 4.79 Å². The van der Waals surface area contributed by atoms with Crippen molar-refractivity contribution < 1.29 is 9.53 Å². The van der Waals surface area contributed by atoms with Gasteiger partial charge in [-0.3, -0.25) is 9.69 Å².